The first-order chi connectivity index (χ1) is 17.2. The summed E-state index contributed by atoms with van der Waals surface area (Å²) in [5.74, 6) is 0.951. The molecule has 1 aliphatic carbocycles. The number of rotatable bonds is 6. The normalized spacial score (nSPS) is 13.6. The van der Waals surface area contributed by atoms with Crippen LogP contribution in [0.5, 0.6) is 11.5 Å². The molecule has 5 rings (SSSR count). The Morgan fingerprint density at radius 1 is 1.19 bits per heavy atom. The number of pyridine rings is 1. The molecule has 11 heteroatoms. The topological polar surface area (TPSA) is 127 Å². The summed E-state index contributed by atoms with van der Waals surface area (Å²) in [5.41, 5.74) is 0.883. The number of urea groups is 1. The minimum atomic E-state index is -0.677. The summed E-state index contributed by atoms with van der Waals surface area (Å²) in [5, 5.41) is 10.0. The number of aromatic amines is 1. The molecule has 3 aromatic heterocycles. The van der Waals surface area contributed by atoms with Gasteiger partial charge in [-0.15, -0.1) is 0 Å². The number of amides is 2. The Kier molecular flexibility index (Phi) is 5.91. The van der Waals surface area contributed by atoms with Crippen LogP contribution in [-0.2, 0) is 12.0 Å². The van der Waals surface area contributed by atoms with Crippen molar-refractivity contribution in [2.45, 2.75) is 45.6 Å². The highest BCUT2D eigenvalue weighted by molar-refractivity contribution is 5.99. The quantitative estimate of drug-likeness (QED) is 0.356. The fraction of sp³-hybridized carbons (Fsp3) is 0.320. The lowest BCUT2D eigenvalue weighted by molar-refractivity contribution is 0.261. The molecule has 0 saturated heterocycles. The Balaban J connectivity index is 1.30. The van der Waals surface area contributed by atoms with Crippen LogP contribution in [0, 0.1) is 11.7 Å². The molecule has 36 heavy (non-hydrogen) atoms. The molecule has 1 saturated carbocycles. The molecule has 0 radical (unpaired) electrons. The molecule has 0 atom stereocenters. The highest BCUT2D eigenvalue weighted by Gasteiger charge is 2.26. The molecule has 1 aromatic carbocycles. The highest BCUT2D eigenvalue weighted by atomic mass is 19.1. The van der Waals surface area contributed by atoms with Gasteiger partial charge in [0.25, 0.3) is 5.56 Å². The molecule has 186 valence electrons. The van der Waals surface area contributed by atoms with Gasteiger partial charge in [0.2, 0.25) is 0 Å². The van der Waals surface area contributed by atoms with E-state index >= 15 is 0 Å². The summed E-state index contributed by atoms with van der Waals surface area (Å²) in [4.78, 5) is 34.8. The van der Waals surface area contributed by atoms with Crippen molar-refractivity contribution in [2.75, 3.05) is 10.6 Å². The van der Waals surface area contributed by atoms with E-state index in [1.807, 2.05) is 10.7 Å². The molecule has 0 aliphatic heterocycles. The average Bonchev–Trinajstić information content (AvgIpc) is 3.54. The van der Waals surface area contributed by atoms with Crippen molar-refractivity contribution >= 4 is 28.7 Å². The maximum atomic E-state index is 14.8. The van der Waals surface area contributed by atoms with Gasteiger partial charge in [-0.3, -0.25) is 10.1 Å². The Morgan fingerprint density at radius 2 is 2.00 bits per heavy atom. The van der Waals surface area contributed by atoms with Crippen molar-refractivity contribution in [1.29, 1.82) is 0 Å². The second kappa shape index (κ2) is 9.06. The van der Waals surface area contributed by atoms with Crippen molar-refractivity contribution in [3.8, 4) is 11.5 Å². The predicted octanol–water partition coefficient (Wildman–Crippen LogP) is 4.80. The number of nitrogens with zero attached hydrogens (tertiary/aromatic N) is 4. The second-order valence-electron chi connectivity index (χ2n) is 9.87. The van der Waals surface area contributed by atoms with Gasteiger partial charge in [0, 0.05) is 36.4 Å². The third-order valence-electron chi connectivity index (χ3n) is 5.77. The van der Waals surface area contributed by atoms with Crippen LogP contribution in [0.15, 0.2) is 47.5 Å². The van der Waals surface area contributed by atoms with Gasteiger partial charge in [0.1, 0.15) is 22.9 Å². The van der Waals surface area contributed by atoms with Gasteiger partial charge in [-0.25, -0.2) is 23.8 Å². The lowest BCUT2D eigenvalue weighted by Gasteiger charge is -2.14. The van der Waals surface area contributed by atoms with Gasteiger partial charge in [-0.05, 0) is 30.9 Å². The molecular weight excluding hydrogens is 465 g/mol. The summed E-state index contributed by atoms with van der Waals surface area (Å²) < 4.78 is 22.4. The molecule has 3 heterocycles. The van der Waals surface area contributed by atoms with Crippen LogP contribution < -0.4 is 20.9 Å². The van der Waals surface area contributed by atoms with Gasteiger partial charge in [0.15, 0.2) is 11.4 Å². The molecule has 0 spiro atoms. The Labute approximate surface area is 205 Å². The van der Waals surface area contributed by atoms with Crippen LogP contribution in [0.25, 0.3) is 11.2 Å². The molecule has 2 amide bonds. The summed E-state index contributed by atoms with van der Waals surface area (Å²) in [7, 11) is 0. The van der Waals surface area contributed by atoms with Crippen molar-refractivity contribution in [3.05, 3.63) is 64.6 Å². The largest absolute Gasteiger partial charge is 0.455 e. The van der Waals surface area contributed by atoms with Crippen LogP contribution in [0.4, 0.5) is 20.7 Å². The van der Waals surface area contributed by atoms with Gasteiger partial charge in [-0.1, -0.05) is 20.8 Å². The Hall–Kier alpha value is -4.28. The first kappa shape index (κ1) is 23.5. The molecule has 10 nitrogen and oxygen atoms in total. The van der Waals surface area contributed by atoms with E-state index in [9.17, 15) is 14.0 Å². The lowest BCUT2D eigenvalue weighted by atomic mass is 9.92. The fourth-order valence-corrected chi connectivity index (χ4v) is 3.63. The SMILES string of the molecule is CC(C)(C)c1cc(NC(=O)Nc2ccc(Oc3ccnc4[nH]c(=O)cnc34)cc2F)n(CC2CC2)n1. The predicted molar refractivity (Wildman–Crippen MR) is 133 cm³/mol. The molecule has 0 unspecified atom stereocenters. The highest BCUT2D eigenvalue weighted by Crippen LogP contribution is 2.33. The van der Waals surface area contributed by atoms with Crippen molar-refractivity contribution < 1.29 is 13.9 Å². The minimum absolute atomic E-state index is 0.00815. The molecule has 3 N–H and O–H groups in total. The third-order valence-corrected chi connectivity index (χ3v) is 5.77. The zero-order valence-corrected chi connectivity index (χ0v) is 20.1. The van der Waals surface area contributed by atoms with Gasteiger partial charge in [0.05, 0.1) is 17.6 Å². The second-order valence-corrected chi connectivity index (χ2v) is 9.87. The number of aromatic nitrogens is 5. The van der Waals surface area contributed by atoms with E-state index in [1.54, 1.807) is 6.07 Å². The maximum Gasteiger partial charge on any atom is 0.324 e. The summed E-state index contributed by atoms with van der Waals surface area (Å²) in [6.07, 6.45) is 4.87. The van der Waals surface area contributed by atoms with E-state index in [0.29, 0.717) is 23.0 Å². The monoisotopic (exact) mass is 491 g/mol. The van der Waals surface area contributed by atoms with Crippen LogP contribution in [0.2, 0.25) is 0 Å². The van der Waals surface area contributed by atoms with Crippen molar-refractivity contribution in [3.63, 3.8) is 0 Å². The number of hydrogen-bond acceptors (Lipinski definition) is 6. The third kappa shape index (κ3) is 5.19. The van der Waals surface area contributed by atoms with E-state index in [-0.39, 0.29) is 22.5 Å². The molecular formula is C25H26FN7O3. The van der Waals surface area contributed by atoms with Crippen molar-refractivity contribution in [1.82, 2.24) is 24.7 Å². The minimum Gasteiger partial charge on any atom is -0.455 e. The van der Waals surface area contributed by atoms with E-state index < -0.39 is 17.4 Å². The fourth-order valence-electron chi connectivity index (χ4n) is 3.63. The van der Waals surface area contributed by atoms with Gasteiger partial charge in [-0.2, -0.15) is 5.10 Å². The summed E-state index contributed by atoms with van der Waals surface area (Å²) in [6.45, 7) is 6.91. The van der Waals surface area contributed by atoms with Gasteiger partial charge >= 0.3 is 6.03 Å². The summed E-state index contributed by atoms with van der Waals surface area (Å²) in [6, 6.07) is 6.92. The standard InChI is InChI=1S/C25H26FN7O3/c1-25(2,3)19-11-20(33(32-19)13-14-4-5-14)30-24(35)29-17-7-6-15(10-16(17)26)36-18-8-9-27-23-22(18)28-12-21(34)31-23/h6-12,14H,4-5,13H2,1-3H3,(H,27,31,34)(H2,29,30,35). The van der Waals surface area contributed by atoms with Crippen LogP contribution >= 0.6 is 0 Å². The number of carbonyl (C=O) groups excluding carboxylic acids is 1. The number of ether oxygens (including phenoxy) is 1. The molecule has 1 aliphatic rings. The number of halogens is 1. The van der Waals surface area contributed by atoms with E-state index in [1.165, 1.54) is 18.3 Å². The number of carbonyl (C=O) groups is 1. The number of hydrogen-bond donors (Lipinski definition) is 3. The van der Waals surface area contributed by atoms with Crippen LogP contribution in [0.1, 0.15) is 39.3 Å². The average molecular weight is 492 g/mol. The molecule has 1 fully saturated rings. The Bertz CT molecular complexity index is 1500. The van der Waals surface area contributed by atoms with E-state index in [4.69, 9.17) is 4.74 Å². The first-order valence-corrected chi connectivity index (χ1v) is 11.6. The Morgan fingerprint density at radius 3 is 2.72 bits per heavy atom. The number of nitrogens with one attached hydrogen (secondary N) is 3. The first-order valence-electron chi connectivity index (χ1n) is 11.6. The van der Waals surface area contributed by atoms with E-state index in [2.05, 4.69) is 51.5 Å². The maximum absolute atomic E-state index is 14.8. The summed E-state index contributed by atoms with van der Waals surface area (Å²) >= 11 is 0. The molecule has 4 aromatic rings. The number of fused-ring (bicyclic) bond motifs is 1. The number of H-pyrrole nitrogens is 1. The zero-order chi connectivity index (χ0) is 25.4. The van der Waals surface area contributed by atoms with Crippen LogP contribution in [0.3, 0.4) is 0 Å². The number of anilines is 2. The lowest BCUT2D eigenvalue weighted by Crippen LogP contribution is -2.22. The smallest absolute Gasteiger partial charge is 0.324 e. The van der Waals surface area contributed by atoms with Gasteiger partial charge < -0.3 is 15.0 Å². The van der Waals surface area contributed by atoms with Crippen LogP contribution in [-0.4, -0.2) is 30.8 Å². The van der Waals surface area contributed by atoms with E-state index in [0.717, 1.165) is 37.3 Å². The number of benzene rings is 1. The zero-order valence-electron chi connectivity index (χ0n) is 20.1. The molecule has 0 bridgehead atoms. The van der Waals surface area contributed by atoms with Crippen molar-refractivity contribution in [2.24, 2.45) is 5.92 Å².